The number of rotatable bonds is 8. The zero-order valence-electron chi connectivity index (χ0n) is 11.5. The van der Waals surface area contributed by atoms with E-state index >= 15 is 0 Å². The Kier molecular flexibility index (Phi) is 6.95. The van der Waals surface area contributed by atoms with Crippen molar-refractivity contribution < 1.29 is 27.9 Å². The molecule has 0 aromatic carbocycles. The molecule has 1 unspecified atom stereocenters. The fourth-order valence-electron chi connectivity index (χ4n) is 1.27. The fraction of sp³-hybridized carbons (Fsp3) is 0.800. The van der Waals surface area contributed by atoms with Crippen molar-refractivity contribution in [1.29, 1.82) is 0 Å². The highest BCUT2D eigenvalue weighted by Gasteiger charge is 2.35. The average molecular weight is 296 g/mol. The van der Waals surface area contributed by atoms with E-state index in [1.807, 2.05) is 0 Å². The Morgan fingerprint density at radius 2 is 1.79 bits per heavy atom. The van der Waals surface area contributed by atoms with Crippen molar-refractivity contribution in [2.45, 2.75) is 12.2 Å². The number of methoxy groups -OCH3 is 1. The van der Waals surface area contributed by atoms with Crippen LogP contribution in [0.3, 0.4) is 0 Å². The molecule has 0 aliphatic heterocycles. The Morgan fingerprint density at radius 3 is 2.16 bits per heavy atom. The molecule has 0 saturated heterocycles. The lowest BCUT2D eigenvalue weighted by Crippen LogP contribution is -2.46. The predicted molar refractivity (Wildman–Crippen MR) is 68.2 cm³/mol. The Morgan fingerprint density at radius 1 is 1.26 bits per heavy atom. The molecular weight excluding hydrogens is 276 g/mol. The monoisotopic (exact) mass is 296 g/mol. The summed E-state index contributed by atoms with van der Waals surface area (Å²) in [6.45, 7) is 0.826. The number of carbonyl (C=O) groups excluding carboxylic acids is 1. The van der Waals surface area contributed by atoms with Gasteiger partial charge < -0.3 is 14.7 Å². The van der Waals surface area contributed by atoms with Gasteiger partial charge in [0.05, 0.1) is 7.11 Å². The summed E-state index contributed by atoms with van der Waals surface area (Å²) in [5.74, 6) is -2.19. The maximum absolute atomic E-state index is 12.1. The van der Waals surface area contributed by atoms with Crippen LogP contribution in [-0.4, -0.2) is 80.8 Å². The first-order chi connectivity index (χ1) is 8.62. The van der Waals surface area contributed by atoms with Crippen molar-refractivity contribution in [1.82, 2.24) is 9.21 Å². The van der Waals surface area contributed by atoms with Gasteiger partial charge in [0.2, 0.25) is 10.0 Å². The van der Waals surface area contributed by atoms with Gasteiger partial charge in [-0.05, 0) is 21.0 Å². The summed E-state index contributed by atoms with van der Waals surface area (Å²) in [5.41, 5.74) is 0. The minimum absolute atomic E-state index is 0.0109. The molecule has 0 amide bonds. The molecule has 19 heavy (non-hydrogen) atoms. The smallest absolute Gasteiger partial charge is 0.325 e. The number of nitrogens with zero attached hydrogens (tertiary/aromatic N) is 2. The van der Waals surface area contributed by atoms with Crippen molar-refractivity contribution in [3.05, 3.63) is 0 Å². The Hall–Kier alpha value is -1.19. The van der Waals surface area contributed by atoms with E-state index in [1.165, 1.54) is 6.92 Å². The van der Waals surface area contributed by atoms with Gasteiger partial charge in [-0.2, -0.15) is 4.31 Å². The minimum atomic E-state index is -4.05. The molecule has 0 aliphatic carbocycles. The summed E-state index contributed by atoms with van der Waals surface area (Å²) in [4.78, 5) is 23.7. The third-order valence-electron chi connectivity index (χ3n) is 2.45. The van der Waals surface area contributed by atoms with Crippen LogP contribution >= 0.6 is 0 Å². The topological polar surface area (TPSA) is 104 Å². The largest absolute Gasteiger partial charge is 0.480 e. The van der Waals surface area contributed by atoms with E-state index in [-0.39, 0.29) is 6.54 Å². The Labute approximate surface area is 113 Å². The lowest BCUT2D eigenvalue weighted by molar-refractivity contribution is -0.140. The van der Waals surface area contributed by atoms with E-state index in [0.29, 0.717) is 6.54 Å². The van der Waals surface area contributed by atoms with Crippen LogP contribution in [0.2, 0.25) is 0 Å². The second-order valence-electron chi connectivity index (χ2n) is 4.24. The number of carboxylic acids is 1. The van der Waals surface area contributed by atoms with Crippen LogP contribution in [-0.2, 0) is 24.3 Å². The highest BCUT2D eigenvalue weighted by molar-refractivity contribution is 7.90. The lowest BCUT2D eigenvalue weighted by atomic mass is 10.5. The van der Waals surface area contributed by atoms with Gasteiger partial charge in [-0.3, -0.25) is 9.59 Å². The van der Waals surface area contributed by atoms with Crippen LogP contribution < -0.4 is 0 Å². The summed E-state index contributed by atoms with van der Waals surface area (Å²) in [6, 6.07) is 0. The normalized spacial score (nSPS) is 13.6. The van der Waals surface area contributed by atoms with Gasteiger partial charge in [0.15, 0.2) is 5.25 Å². The first-order valence-electron chi connectivity index (χ1n) is 5.56. The zero-order chi connectivity index (χ0) is 15.2. The molecule has 0 aromatic heterocycles. The van der Waals surface area contributed by atoms with E-state index < -0.39 is 33.8 Å². The van der Waals surface area contributed by atoms with E-state index in [2.05, 4.69) is 4.74 Å². The van der Waals surface area contributed by atoms with E-state index in [9.17, 15) is 18.0 Å². The van der Waals surface area contributed by atoms with Crippen molar-refractivity contribution >= 4 is 22.0 Å². The summed E-state index contributed by atoms with van der Waals surface area (Å²) in [7, 11) is 0.490. The summed E-state index contributed by atoms with van der Waals surface area (Å²) in [6.07, 6.45) is 0. The molecule has 0 spiro atoms. The third-order valence-corrected chi connectivity index (χ3v) is 4.57. The highest BCUT2D eigenvalue weighted by atomic mass is 32.2. The quantitative estimate of drug-likeness (QED) is 0.562. The number of carboxylic acid groups (broad SMARTS) is 1. The fourth-order valence-corrected chi connectivity index (χ4v) is 2.68. The summed E-state index contributed by atoms with van der Waals surface area (Å²) in [5, 5.41) is 7.32. The zero-order valence-corrected chi connectivity index (χ0v) is 12.3. The molecule has 8 nitrogen and oxygen atoms in total. The van der Waals surface area contributed by atoms with E-state index in [1.54, 1.807) is 19.0 Å². The Balaban J connectivity index is 5.10. The number of hydrogen-bond donors (Lipinski definition) is 1. The number of ether oxygens (including phenoxy) is 1. The molecular formula is C10H20N2O6S. The summed E-state index contributed by atoms with van der Waals surface area (Å²) < 4.78 is 29.4. The molecule has 1 atom stereocenters. The molecule has 0 bridgehead atoms. The van der Waals surface area contributed by atoms with Crippen LogP contribution in [0.15, 0.2) is 0 Å². The number of likely N-dealkylation sites (N-methyl/N-ethyl adjacent to an activating group) is 1. The second-order valence-corrected chi connectivity index (χ2v) is 6.49. The summed E-state index contributed by atoms with van der Waals surface area (Å²) >= 11 is 0. The molecule has 0 heterocycles. The van der Waals surface area contributed by atoms with Crippen molar-refractivity contribution in [3.63, 3.8) is 0 Å². The van der Waals surface area contributed by atoms with Crippen LogP contribution in [0.4, 0.5) is 0 Å². The molecule has 0 radical (unpaired) electrons. The van der Waals surface area contributed by atoms with Gasteiger partial charge in [-0.25, -0.2) is 8.42 Å². The molecule has 0 fully saturated rings. The van der Waals surface area contributed by atoms with Crippen molar-refractivity contribution in [2.75, 3.05) is 40.8 Å². The van der Waals surface area contributed by atoms with Gasteiger partial charge >= 0.3 is 11.9 Å². The van der Waals surface area contributed by atoms with Gasteiger partial charge in [0.1, 0.15) is 6.54 Å². The van der Waals surface area contributed by atoms with Gasteiger partial charge in [-0.15, -0.1) is 0 Å². The highest BCUT2D eigenvalue weighted by Crippen LogP contribution is 2.10. The first-order valence-corrected chi connectivity index (χ1v) is 7.06. The van der Waals surface area contributed by atoms with Crippen molar-refractivity contribution in [2.24, 2.45) is 0 Å². The molecule has 0 saturated carbocycles. The molecule has 112 valence electrons. The lowest BCUT2D eigenvalue weighted by Gasteiger charge is -2.24. The number of esters is 1. The predicted octanol–water partition coefficient (Wildman–Crippen LogP) is -1.17. The number of hydrogen-bond acceptors (Lipinski definition) is 6. The van der Waals surface area contributed by atoms with E-state index in [0.717, 1.165) is 11.4 Å². The molecule has 0 aliphatic rings. The third kappa shape index (κ3) is 5.53. The van der Waals surface area contributed by atoms with Crippen LogP contribution in [0.25, 0.3) is 0 Å². The van der Waals surface area contributed by atoms with Crippen LogP contribution in [0.5, 0.6) is 0 Å². The molecule has 9 heteroatoms. The standard InChI is InChI=1S/C10H20N2O6S/c1-8(10(15)18-4)19(16,17)12(7-9(13)14)6-5-11(2)3/h8H,5-7H2,1-4H3,(H,13,14). The molecule has 1 N–H and O–H groups in total. The van der Waals surface area contributed by atoms with Crippen LogP contribution in [0, 0.1) is 0 Å². The number of aliphatic carboxylic acids is 1. The first kappa shape index (κ1) is 17.8. The second kappa shape index (κ2) is 7.41. The Bertz CT molecular complexity index is 420. The average Bonchev–Trinajstić information content (AvgIpc) is 2.31. The van der Waals surface area contributed by atoms with Gasteiger partial charge in [0.25, 0.3) is 0 Å². The maximum Gasteiger partial charge on any atom is 0.325 e. The SMILES string of the molecule is COC(=O)C(C)S(=O)(=O)N(CCN(C)C)CC(=O)O. The van der Waals surface area contributed by atoms with Gasteiger partial charge in [-0.1, -0.05) is 0 Å². The number of sulfonamides is 1. The minimum Gasteiger partial charge on any atom is -0.480 e. The van der Waals surface area contributed by atoms with E-state index in [4.69, 9.17) is 5.11 Å². The molecule has 0 rings (SSSR count). The number of carbonyl (C=O) groups is 2. The van der Waals surface area contributed by atoms with Crippen LogP contribution in [0.1, 0.15) is 6.92 Å². The maximum atomic E-state index is 12.1. The van der Waals surface area contributed by atoms with Crippen molar-refractivity contribution in [3.8, 4) is 0 Å². The van der Waals surface area contributed by atoms with Gasteiger partial charge in [0, 0.05) is 13.1 Å². The molecule has 0 aromatic rings.